The summed E-state index contributed by atoms with van der Waals surface area (Å²) in [5.74, 6) is -0.884. The van der Waals surface area contributed by atoms with Crippen molar-refractivity contribution < 1.29 is 14.1 Å². The summed E-state index contributed by atoms with van der Waals surface area (Å²) in [5.41, 5.74) is -0.984. The first kappa shape index (κ1) is 16.2. The Balaban J connectivity index is 4.82. The molecule has 2 atom stereocenters. The fraction of sp³-hybridized carbons (Fsp3) is 0.818. The summed E-state index contributed by atoms with van der Waals surface area (Å²) in [7, 11) is -1.60. The average Bonchev–Trinajstić information content (AvgIpc) is 2.26. The fourth-order valence-corrected chi connectivity index (χ4v) is 1.91. The van der Waals surface area contributed by atoms with Crippen molar-refractivity contribution in [2.45, 2.75) is 58.0 Å². The second-order valence-corrected chi connectivity index (χ2v) is 5.02. The number of nitrogens with one attached hydrogen (secondary N) is 1. The number of hydrogen-bond donors (Lipinski definition) is 3. The van der Waals surface area contributed by atoms with Gasteiger partial charge in [-0.15, -0.1) is 0 Å². The molecule has 0 aromatic heterocycles. The summed E-state index contributed by atoms with van der Waals surface area (Å²) in [6, 6.07) is 0.120. The van der Waals surface area contributed by atoms with E-state index in [0.29, 0.717) is 19.3 Å². The Hall–Kier alpha value is -0.810. The molecule has 0 saturated carbocycles. The Morgan fingerprint density at radius 1 is 1.59 bits per heavy atom. The van der Waals surface area contributed by atoms with Crippen molar-refractivity contribution in [3.05, 3.63) is 0 Å². The smallest absolute Gasteiger partial charge is 0.323 e. The second-order valence-electron chi connectivity index (χ2n) is 4.14. The summed E-state index contributed by atoms with van der Waals surface area (Å²) in [4.78, 5) is 11.4. The summed E-state index contributed by atoms with van der Waals surface area (Å²) in [6.45, 7) is 5.76. The first-order valence-corrected chi connectivity index (χ1v) is 7.00. The van der Waals surface area contributed by atoms with E-state index in [1.54, 1.807) is 0 Å². The number of carboxylic acid groups (broad SMARTS) is 1. The van der Waals surface area contributed by atoms with Gasteiger partial charge in [-0.05, 0) is 31.4 Å². The molecule has 0 amide bonds. The zero-order chi connectivity index (χ0) is 13.5. The fourth-order valence-electron chi connectivity index (χ4n) is 1.61. The molecular weight excluding hydrogens is 240 g/mol. The van der Waals surface area contributed by atoms with Crippen molar-refractivity contribution >= 4 is 16.4 Å². The van der Waals surface area contributed by atoms with Gasteiger partial charge >= 0.3 is 5.97 Å². The van der Waals surface area contributed by atoms with Gasteiger partial charge in [0.15, 0.2) is 0 Å². The second kappa shape index (κ2) is 7.50. The van der Waals surface area contributed by atoms with E-state index in [0.717, 1.165) is 6.42 Å². The molecule has 0 bridgehead atoms. The largest absolute Gasteiger partial charge is 0.480 e. The van der Waals surface area contributed by atoms with Gasteiger partial charge in [-0.3, -0.25) is 10.1 Å². The van der Waals surface area contributed by atoms with Crippen LogP contribution in [0.1, 0.15) is 46.5 Å². The minimum atomic E-state index is -1.60. The Labute approximate surface area is 105 Å². The predicted octanol–water partition coefficient (Wildman–Crippen LogP) is 0.970. The molecule has 0 rings (SSSR count). The molecule has 0 aromatic rings. The predicted molar refractivity (Wildman–Crippen MR) is 69.0 cm³/mol. The molecule has 0 heterocycles. The normalized spacial score (nSPS) is 15.8. The van der Waals surface area contributed by atoms with Crippen LogP contribution in [0.4, 0.5) is 0 Å². The van der Waals surface area contributed by atoms with E-state index in [9.17, 15) is 14.1 Å². The highest BCUT2D eigenvalue weighted by atomic mass is 32.2. The molecule has 100 valence electrons. The first-order valence-electron chi connectivity index (χ1n) is 5.78. The van der Waals surface area contributed by atoms with E-state index in [2.05, 4.69) is 10.5 Å². The van der Waals surface area contributed by atoms with Gasteiger partial charge in [-0.25, -0.2) is 9.35 Å². The minimum Gasteiger partial charge on any atom is -0.480 e. The van der Waals surface area contributed by atoms with Gasteiger partial charge in [0, 0.05) is 12.5 Å². The summed E-state index contributed by atoms with van der Waals surface area (Å²) in [6.07, 6.45) is 1.95. The third kappa shape index (κ3) is 5.37. The highest BCUT2D eigenvalue weighted by Crippen LogP contribution is 2.19. The molecule has 0 fully saturated rings. The molecule has 0 aromatic carbocycles. The number of nitrogens with two attached hydrogens (primary N) is 1. The van der Waals surface area contributed by atoms with Crippen molar-refractivity contribution in [2.75, 3.05) is 0 Å². The summed E-state index contributed by atoms with van der Waals surface area (Å²) >= 11 is 0. The van der Waals surface area contributed by atoms with Crippen LogP contribution in [0, 0.1) is 5.18 Å². The molecule has 0 aliphatic rings. The maximum atomic E-state index is 11.4. The van der Waals surface area contributed by atoms with Gasteiger partial charge < -0.3 is 5.11 Å². The Morgan fingerprint density at radius 3 is 2.53 bits per heavy atom. The highest BCUT2D eigenvalue weighted by molar-refractivity contribution is 7.71. The molecule has 0 radical (unpaired) electrons. The van der Waals surface area contributed by atoms with Crippen LogP contribution in [0.25, 0.3) is 0 Å². The zero-order valence-electron chi connectivity index (χ0n) is 10.7. The van der Waals surface area contributed by atoms with Gasteiger partial charge in [0.2, 0.25) is 0 Å². The summed E-state index contributed by atoms with van der Waals surface area (Å²) < 4.78 is 10.7. The van der Waals surface area contributed by atoms with Crippen LogP contribution in [0.15, 0.2) is 0 Å². The van der Waals surface area contributed by atoms with Crippen LogP contribution in [0.5, 0.6) is 0 Å². The lowest BCUT2D eigenvalue weighted by Gasteiger charge is -2.32. The van der Waals surface area contributed by atoms with Crippen molar-refractivity contribution in [1.29, 1.82) is 0 Å². The minimum absolute atomic E-state index is 0.120. The Morgan fingerprint density at radius 2 is 2.18 bits per heavy atom. The Bertz CT molecular complexity index is 388. The zero-order valence-corrected chi connectivity index (χ0v) is 11.5. The maximum absolute atomic E-state index is 11.4. The van der Waals surface area contributed by atoms with Crippen LogP contribution in [-0.2, 0) is 15.2 Å². The molecule has 1 unspecified atom stereocenters. The number of rotatable bonds is 7. The van der Waals surface area contributed by atoms with Crippen LogP contribution < -0.4 is 10.5 Å². The van der Waals surface area contributed by atoms with E-state index in [1.165, 1.54) is 0 Å². The van der Waals surface area contributed by atoms with Gasteiger partial charge in [-0.2, -0.15) is 0 Å². The van der Waals surface area contributed by atoms with Crippen LogP contribution in [0.2, 0.25) is 0 Å². The molecule has 5 nitrogen and oxygen atoms in total. The van der Waals surface area contributed by atoms with Crippen LogP contribution in [-0.4, -0.2) is 26.9 Å². The first-order chi connectivity index (χ1) is 7.88. The lowest BCUT2D eigenvalue weighted by Crippen LogP contribution is -2.54. The maximum Gasteiger partial charge on any atom is 0.323 e. The van der Waals surface area contributed by atoms with Crippen LogP contribution in [0.3, 0.4) is 0 Å². The SMILES string of the molecule is CCC(C)N[C@@](CC)(CCC#S(N)=O)C(=O)O. The molecule has 6 heteroatoms. The van der Waals surface area contributed by atoms with Gasteiger partial charge in [-0.1, -0.05) is 13.8 Å². The van der Waals surface area contributed by atoms with Crippen molar-refractivity contribution in [1.82, 2.24) is 5.32 Å². The van der Waals surface area contributed by atoms with Crippen LogP contribution >= 0.6 is 0 Å². The molecule has 0 saturated heterocycles. The Kier molecular flexibility index (Phi) is 7.15. The van der Waals surface area contributed by atoms with Gasteiger partial charge in [0.1, 0.15) is 5.54 Å². The lowest BCUT2D eigenvalue weighted by atomic mass is 9.89. The van der Waals surface area contributed by atoms with Crippen molar-refractivity contribution in [2.24, 2.45) is 5.14 Å². The lowest BCUT2D eigenvalue weighted by molar-refractivity contribution is -0.145. The van der Waals surface area contributed by atoms with Gasteiger partial charge in [0.25, 0.3) is 0 Å². The number of carboxylic acids is 1. The van der Waals surface area contributed by atoms with Crippen molar-refractivity contribution in [3.63, 3.8) is 0 Å². The number of carbonyl (C=O) groups is 1. The van der Waals surface area contributed by atoms with E-state index in [-0.39, 0.29) is 6.04 Å². The third-order valence-corrected chi connectivity index (χ3v) is 3.43. The molecule has 0 spiro atoms. The van der Waals surface area contributed by atoms with E-state index < -0.39 is 21.9 Å². The molecule has 0 aliphatic carbocycles. The molecule has 17 heavy (non-hydrogen) atoms. The standard InChI is InChI=1S/C11H22N2O3S/c1-4-9(3)13-11(5-2,10(14)15)7-6-8-17(12)16/h9,13H,4-7H2,1-3H3,(H2,12,16)(H,14,15)/t9?,11-/m0/s1. The highest BCUT2D eigenvalue weighted by Gasteiger charge is 2.36. The van der Waals surface area contributed by atoms with Crippen molar-refractivity contribution in [3.8, 4) is 5.18 Å². The summed E-state index contributed by atoms with van der Waals surface area (Å²) in [5, 5.41) is 20.0. The van der Waals surface area contributed by atoms with E-state index in [1.807, 2.05) is 20.8 Å². The van der Waals surface area contributed by atoms with E-state index >= 15 is 0 Å². The quantitative estimate of drug-likeness (QED) is 0.637. The number of hydrogen-bond acceptors (Lipinski definition) is 3. The number of aliphatic carboxylic acids is 1. The van der Waals surface area contributed by atoms with E-state index in [4.69, 9.17) is 5.14 Å². The van der Waals surface area contributed by atoms with Gasteiger partial charge in [0.05, 0.1) is 10.4 Å². The monoisotopic (exact) mass is 262 g/mol. The topological polar surface area (TPSA) is 92.4 Å². The third-order valence-electron chi connectivity index (χ3n) is 2.94. The molecule has 4 N–H and O–H groups in total. The average molecular weight is 262 g/mol. The molecule has 0 aliphatic heterocycles. The molecular formula is C11H22N2O3S.